The Labute approximate surface area is 128 Å². The molecule has 10 heteroatoms. The maximum atomic E-state index is 14.5. The summed E-state index contributed by atoms with van der Waals surface area (Å²) in [6, 6.07) is 0. The van der Waals surface area contributed by atoms with Crippen molar-refractivity contribution in [3.8, 4) is 0 Å². The van der Waals surface area contributed by atoms with E-state index in [1.807, 2.05) is 0 Å². The topological polar surface area (TPSA) is 111 Å². The average molecular weight is 334 g/mol. The molecule has 1 fully saturated rings. The zero-order chi connectivity index (χ0) is 17.1. The number of esters is 1. The lowest BCUT2D eigenvalue weighted by atomic mass is 10.1. The van der Waals surface area contributed by atoms with Gasteiger partial charge in [-0.05, 0) is 6.42 Å². The molecule has 0 aromatic carbocycles. The number of nitrogens with zero attached hydrogens (tertiary/aromatic N) is 1. The molecular formula is C13H16F2N2O6. The van der Waals surface area contributed by atoms with Crippen molar-refractivity contribution in [2.45, 2.75) is 44.4 Å². The van der Waals surface area contributed by atoms with E-state index in [2.05, 4.69) is 0 Å². The fourth-order valence-corrected chi connectivity index (χ4v) is 2.27. The van der Waals surface area contributed by atoms with Crippen molar-refractivity contribution in [3.63, 3.8) is 0 Å². The van der Waals surface area contributed by atoms with E-state index in [1.165, 1.54) is 0 Å². The van der Waals surface area contributed by atoms with E-state index < -0.39 is 54.2 Å². The van der Waals surface area contributed by atoms with Gasteiger partial charge >= 0.3 is 11.7 Å². The van der Waals surface area contributed by atoms with Crippen molar-refractivity contribution in [1.29, 1.82) is 0 Å². The fraction of sp³-hybridized carbons (Fsp3) is 0.615. The van der Waals surface area contributed by atoms with Crippen LogP contribution in [-0.2, 0) is 14.3 Å². The number of aromatic amines is 1. The molecular weight excluding hydrogens is 318 g/mol. The summed E-state index contributed by atoms with van der Waals surface area (Å²) in [7, 11) is 0. The highest BCUT2D eigenvalue weighted by Gasteiger charge is 2.48. The van der Waals surface area contributed by atoms with Gasteiger partial charge in [-0.2, -0.15) is 4.39 Å². The molecule has 0 saturated carbocycles. The van der Waals surface area contributed by atoms with E-state index in [-0.39, 0.29) is 6.42 Å². The van der Waals surface area contributed by atoms with Crippen LogP contribution in [0.3, 0.4) is 0 Å². The molecule has 1 aliphatic heterocycles. The Kier molecular flexibility index (Phi) is 5.26. The number of rotatable bonds is 5. The van der Waals surface area contributed by atoms with Crippen LogP contribution < -0.4 is 11.2 Å². The van der Waals surface area contributed by atoms with Crippen LogP contribution in [0.15, 0.2) is 15.8 Å². The summed E-state index contributed by atoms with van der Waals surface area (Å²) in [5.74, 6) is -1.98. The molecule has 0 amide bonds. The van der Waals surface area contributed by atoms with Crippen LogP contribution in [0.25, 0.3) is 0 Å². The molecule has 0 unspecified atom stereocenters. The molecule has 2 N–H and O–H groups in total. The van der Waals surface area contributed by atoms with Crippen LogP contribution in [0.4, 0.5) is 8.78 Å². The third-order valence-corrected chi connectivity index (χ3v) is 3.37. The predicted molar refractivity (Wildman–Crippen MR) is 72.0 cm³/mol. The Balaban J connectivity index is 2.28. The molecule has 8 nitrogen and oxygen atoms in total. The largest absolute Gasteiger partial charge is 0.456 e. The van der Waals surface area contributed by atoms with Gasteiger partial charge in [-0.3, -0.25) is 19.1 Å². The number of hydrogen-bond donors (Lipinski definition) is 2. The zero-order valence-corrected chi connectivity index (χ0v) is 12.2. The maximum absolute atomic E-state index is 14.5. The molecule has 2 heterocycles. The Morgan fingerprint density at radius 1 is 1.52 bits per heavy atom. The van der Waals surface area contributed by atoms with Gasteiger partial charge in [0.15, 0.2) is 18.5 Å². The van der Waals surface area contributed by atoms with E-state index in [9.17, 15) is 28.3 Å². The highest BCUT2D eigenvalue weighted by molar-refractivity contribution is 5.69. The summed E-state index contributed by atoms with van der Waals surface area (Å²) in [6.07, 6.45) is -5.26. The molecule has 1 aliphatic rings. The Hall–Kier alpha value is -2.07. The molecule has 23 heavy (non-hydrogen) atoms. The summed E-state index contributed by atoms with van der Waals surface area (Å²) < 4.78 is 38.4. The maximum Gasteiger partial charge on any atom is 0.330 e. The van der Waals surface area contributed by atoms with Crippen LogP contribution in [0.1, 0.15) is 26.0 Å². The Morgan fingerprint density at radius 2 is 2.22 bits per heavy atom. The number of H-pyrrole nitrogens is 1. The lowest BCUT2D eigenvalue weighted by Crippen LogP contribution is -2.38. The first-order valence-electron chi connectivity index (χ1n) is 6.99. The van der Waals surface area contributed by atoms with Crippen LogP contribution >= 0.6 is 0 Å². The molecule has 2 rings (SSSR count). The van der Waals surface area contributed by atoms with E-state index in [1.54, 1.807) is 11.9 Å². The van der Waals surface area contributed by atoms with Crippen molar-refractivity contribution in [1.82, 2.24) is 9.55 Å². The summed E-state index contributed by atoms with van der Waals surface area (Å²) in [5, 5.41) is 9.23. The number of hydrogen-bond acceptors (Lipinski definition) is 6. The van der Waals surface area contributed by atoms with Crippen molar-refractivity contribution in [2.75, 3.05) is 6.61 Å². The Bertz CT molecular complexity index is 688. The van der Waals surface area contributed by atoms with E-state index in [0.717, 1.165) is 0 Å². The van der Waals surface area contributed by atoms with Gasteiger partial charge < -0.3 is 14.6 Å². The Morgan fingerprint density at radius 3 is 2.83 bits per heavy atom. The predicted octanol–water partition coefficient (Wildman–Crippen LogP) is -0.385. The molecule has 1 aromatic rings. The minimum Gasteiger partial charge on any atom is -0.456 e. The van der Waals surface area contributed by atoms with Gasteiger partial charge in [0, 0.05) is 6.42 Å². The number of carbonyl (C=O) groups is 1. The van der Waals surface area contributed by atoms with Gasteiger partial charge in [0.1, 0.15) is 6.10 Å². The summed E-state index contributed by atoms with van der Waals surface area (Å²) >= 11 is 0. The van der Waals surface area contributed by atoms with Gasteiger partial charge in [0.2, 0.25) is 5.82 Å². The molecule has 128 valence electrons. The minimum atomic E-state index is -2.02. The van der Waals surface area contributed by atoms with Crippen molar-refractivity contribution in [3.05, 3.63) is 32.9 Å². The minimum absolute atomic E-state index is 0.0548. The number of alkyl halides is 1. The molecule has 1 saturated heterocycles. The average Bonchev–Trinajstić information content (AvgIpc) is 2.80. The first kappa shape index (κ1) is 17.3. The second-order valence-corrected chi connectivity index (χ2v) is 5.04. The van der Waals surface area contributed by atoms with Crippen molar-refractivity contribution >= 4 is 5.97 Å². The lowest BCUT2D eigenvalue weighted by molar-refractivity contribution is -0.155. The number of ether oxygens (including phenoxy) is 2. The van der Waals surface area contributed by atoms with Crippen LogP contribution in [0.2, 0.25) is 0 Å². The smallest absolute Gasteiger partial charge is 0.330 e. The fourth-order valence-electron chi connectivity index (χ4n) is 2.27. The van der Waals surface area contributed by atoms with Gasteiger partial charge in [0.25, 0.3) is 5.56 Å². The second kappa shape index (κ2) is 7.01. The van der Waals surface area contributed by atoms with Crippen LogP contribution in [-0.4, -0.2) is 45.6 Å². The van der Waals surface area contributed by atoms with Crippen molar-refractivity contribution < 1.29 is 28.2 Å². The molecule has 0 radical (unpaired) electrons. The van der Waals surface area contributed by atoms with Crippen LogP contribution in [0.5, 0.6) is 0 Å². The first-order valence-corrected chi connectivity index (χ1v) is 6.99. The zero-order valence-electron chi connectivity index (χ0n) is 12.2. The highest BCUT2D eigenvalue weighted by atomic mass is 19.1. The lowest BCUT2D eigenvalue weighted by Gasteiger charge is -2.18. The summed E-state index contributed by atoms with van der Waals surface area (Å²) in [4.78, 5) is 35.9. The third kappa shape index (κ3) is 3.48. The van der Waals surface area contributed by atoms with Crippen LogP contribution in [0, 0.1) is 5.82 Å². The molecule has 0 bridgehead atoms. The SMILES string of the molecule is CCCC(=O)O[C@H]1[C@@H](F)[C@H](n2cc(F)c(=O)[nH]c2=O)O[C@@H]1CO. The van der Waals surface area contributed by atoms with Gasteiger partial charge in [-0.25, -0.2) is 9.18 Å². The summed E-state index contributed by atoms with van der Waals surface area (Å²) in [6.45, 7) is 1.07. The second-order valence-electron chi connectivity index (χ2n) is 5.04. The standard InChI is InChI=1S/C13H16F2N2O6/c1-2-3-8(19)23-10-7(5-18)22-12(9(10)15)17-4-6(14)11(20)16-13(17)21/h4,7,9-10,12,18H,2-3,5H2,1H3,(H,16,20,21)/t7-,9-,10-,12-/m1/s1. The molecule has 4 atom stereocenters. The number of halogens is 2. The first-order chi connectivity index (χ1) is 10.9. The number of nitrogens with one attached hydrogen (secondary N) is 1. The van der Waals surface area contributed by atoms with Gasteiger partial charge in [0.05, 0.1) is 12.8 Å². The van der Waals surface area contributed by atoms with E-state index in [4.69, 9.17) is 9.47 Å². The number of carbonyl (C=O) groups excluding carboxylic acids is 1. The van der Waals surface area contributed by atoms with Gasteiger partial charge in [-0.15, -0.1) is 0 Å². The highest BCUT2D eigenvalue weighted by Crippen LogP contribution is 2.33. The van der Waals surface area contributed by atoms with Gasteiger partial charge in [-0.1, -0.05) is 6.92 Å². The molecule has 0 aliphatic carbocycles. The third-order valence-electron chi connectivity index (χ3n) is 3.37. The van der Waals surface area contributed by atoms with E-state index in [0.29, 0.717) is 17.2 Å². The number of aliphatic hydroxyl groups excluding tert-OH is 1. The van der Waals surface area contributed by atoms with E-state index >= 15 is 0 Å². The normalized spacial score (nSPS) is 27.1. The molecule has 0 spiro atoms. The number of aliphatic hydroxyl groups is 1. The van der Waals surface area contributed by atoms with Crippen molar-refractivity contribution in [2.24, 2.45) is 0 Å². The quantitative estimate of drug-likeness (QED) is 0.710. The number of aromatic nitrogens is 2. The summed E-state index contributed by atoms with van der Waals surface area (Å²) in [5.41, 5.74) is -2.33. The monoisotopic (exact) mass is 334 g/mol. The molecule has 1 aromatic heterocycles.